The molecule has 0 radical (unpaired) electrons. The van der Waals surface area contributed by atoms with Crippen LogP contribution < -0.4 is 16.0 Å². The Morgan fingerprint density at radius 1 is 1.12 bits per heavy atom. The summed E-state index contributed by atoms with van der Waals surface area (Å²) >= 11 is 6.10. The van der Waals surface area contributed by atoms with Crippen LogP contribution in [0, 0.1) is 13.8 Å². The zero-order chi connectivity index (χ0) is 23.8. The maximum Gasteiger partial charge on any atom is 0.255 e. The summed E-state index contributed by atoms with van der Waals surface area (Å²) in [6.07, 6.45) is 1.81. The molecule has 0 saturated carbocycles. The van der Waals surface area contributed by atoms with Gasteiger partial charge in [0.05, 0.1) is 34.9 Å². The lowest BCUT2D eigenvalue weighted by Crippen LogP contribution is -2.13. The number of aromatic nitrogens is 4. The number of fused-ring (bicyclic) bond motifs is 3. The molecule has 4 N–H and O–H groups in total. The summed E-state index contributed by atoms with van der Waals surface area (Å²) in [5.74, 6) is -0.00929. The predicted molar refractivity (Wildman–Crippen MR) is 131 cm³/mol. The molecule has 0 unspecified atom stereocenters. The van der Waals surface area contributed by atoms with Gasteiger partial charge < -0.3 is 16.0 Å². The number of hydrogen-bond acceptors (Lipinski definition) is 6. The van der Waals surface area contributed by atoms with Crippen LogP contribution in [0.3, 0.4) is 0 Å². The van der Waals surface area contributed by atoms with Gasteiger partial charge in [-0.2, -0.15) is 5.10 Å². The van der Waals surface area contributed by atoms with Gasteiger partial charge in [0.1, 0.15) is 0 Å². The van der Waals surface area contributed by atoms with Crippen molar-refractivity contribution in [2.24, 2.45) is 0 Å². The van der Waals surface area contributed by atoms with Crippen molar-refractivity contribution in [3.05, 3.63) is 76.2 Å². The lowest BCUT2D eigenvalue weighted by Gasteiger charge is -2.11. The second-order valence-corrected chi connectivity index (χ2v) is 8.38. The molecule has 2 aromatic carbocycles. The number of carbonyl (C=O) groups is 2. The van der Waals surface area contributed by atoms with E-state index in [-0.39, 0.29) is 18.2 Å². The summed E-state index contributed by atoms with van der Waals surface area (Å²) in [5, 5.41) is 16.4. The van der Waals surface area contributed by atoms with Crippen LogP contribution in [0.2, 0.25) is 5.02 Å². The number of amides is 2. The van der Waals surface area contributed by atoms with E-state index < -0.39 is 0 Å². The first-order valence-corrected chi connectivity index (χ1v) is 10.9. The molecule has 5 rings (SSSR count). The Bertz CT molecular complexity index is 1410. The van der Waals surface area contributed by atoms with Crippen LogP contribution in [0.15, 0.2) is 48.7 Å². The Morgan fingerprint density at radius 3 is 2.65 bits per heavy atom. The SMILES string of the molecule is Cc1n[nH]c(C)c1NC(=O)c1ccc(Nc2ncc3c(n2)-c2ccc(Cl)cc2NC(=O)C3)cc1. The van der Waals surface area contributed by atoms with Gasteiger partial charge in [0.25, 0.3) is 5.91 Å². The molecule has 2 amide bonds. The molecule has 0 saturated heterocycles. The largest absolute Gasteiger partial charge is 0.325 e. The number of H-pyrrole nitrogens is 1. The van der Waals surface area contributed by atoms with Crippen LogP contribution in [0.1, 0.15) is 27.3 Å². The molecule has 0 fully saturated rings. The molecule has 1 aliphatic heterocycles. The van der Waals surface area contributed by atoms with E-state index in [1.807, 2.05) is 19.9 Å². The number of halogens is 1. The van der Waals surface area contributed by atoms with Gasteiger partial charge in [-0.05, 0) is 56.3 Å². The molecule has 3 heterocycles. The van der Waals surface area contributed by atoms with Crippen LogP contribution in [0.25, 0.3) is 11.3 Å². The Balaban J connectivity index is 1.37. The van der Waals surface area contributed by atoms with Gasteiger partial charge in [0, 0.05) is 33.6 Å². The van der Waals surface area contributed by atoms with E-state index in [1.54, 1.807) is 42.6 Å². The molecule has 2 aromatic heterocycles. The number of aromatic amines is 1. The molecule has 10 heteroatoms. The second kappa shape index (κ2) is 8.60. The normalized spacial score (nSPS) is 12.3. The zero-order valence-electron chi connectivity index (χ0n) is 18.4. The fraction of sp³-hybridized carbons (Fsp3) is 0.125. The Kier molecular flexibility index (Phi) is 5.46. The number of aryl methyl sites for hydroxylation is 2. The third-order valence-electron chi connectivity index (χ3n) is 5.50. The number of nitrogens with one attached hydrogen (secondary N) is 4. The van der Waals surface area contributed by atoms with Crippen molar-refractivity contribution in [2.75, 3.05) is 16.0 Å². The average molecular weight is 474 g/mol. The summed E-state index contributed by atoms with van der Waals surface area (Å²) in [6, 6.07) is 12.3. The van der Waals surface area contributed by atoms with Crippen molar-refractivity contribution in [1.29, 1.82) is 0 Å². The van der Waals surface area contributed by atoms with Crippen molar-refractivity contribution in [3.8, 4) is 11.3 Å². The van der Waals surface area contributed by atoms with Crippen molar-refractivity contribution < 1.29 is 9.59 Å². The molecule has 34 heavy (non-hydrogen) atoms. The number of carbonyl (C=O) groups excluding carboxylic acids is 2. The summed E-state index contributed by atoms with van der Waals surface area (Å²) < 4.78 is 0. The van der Waals surface area contributed by atoms with E-state index in [1.165, 1.54) is 0 Å². The zero-order valence-corrected chi connectivity index (χ0v) is 19.1. The van der Waals surface area contributed by atoms with Crippen LogP contribution in [0.5, 0.6) is 0 Å². The Morgan fingerprint density at radius 2 is 1.91 bits per heavy atom. The summed E-state index contributed by atoms with van der Waals surface area (Å²) in [6.45, 7) is 3.67. The molecule has 0 bridgehead atoms. The average Bonchev–Trinajstić information content (AvgIpc) is 3.05. The van der Waals surface area contributed by atoms with Gasteiger partial charge in [-0.1, -0.05) is 11.6 Å². The number of benzene rings is 2. The lowest BCUT2D eigenvalue weighted by molar-refractivity contribution is -0.115. The maximum absolute atomic E-state index is 12.6. The van der Waals surface area contributed by atoms with Gasteiger partial charge in [-0.15, -0.1) is 0 Å². The van der Waals surface area contributed by atoms with Crippen LogP contribution in [0.4, 0.5) is 23.0 Å². The maximum atomic E-state index is 12.6. The van der Waals surface area contributed by atoms with Crippen molar-refractivity contribution in [2.45, 2.75) is 20.3 Å². The highest BCUT2D eigenvalue weighted by Gasteiger charge is 2.21. The van der Waals surface area contributed by atoms with Gasteiger partial charge >= 0.3 is 0 Å². The summed E-state index contributed by atoms with van der Waals surface area (Å²) in [5.41, 5.74) is 6.18. The third kappa shape index (κ3) is 4.20. The molecule has 1 aliphatic rings. The van der Waals surface area contributed by atoms with Gasteiger partial charge in [0.15, 0.2) is 0 Å². The highest BCUT2D eigenvalue weighted by atomic mass is 35.5. The van der Waals surface area contributed by atoms with Gasteiger partial charge in [-0.25, -0.2) is 9.97 Å². The minimum Gasteiger partial charge on any atom is -0.325 e. The fourth-order valence-corrected chi connectivity index (χ4v) is 3.95. The first-order valence-electron chi connectivity index (χ1n) is 10.5. The van der Waals surface area contributed by atoms with Crippen LogP contribution >= 0.6 is 11.6 Å². The lowest BCUT2D eigenvalue weighted by atomic mass is 10.1. The minimum atomic E-state index is -0.229. The highest BCUT2D eigenvalue weighted by Crippen LogP contribution is 2.34. The molecular weight excluding hydrogens is 454 g/mol. The third-order valence-corrected chi connectivity index (χ3v) is 5.73. The molecule has 170 valence electrons. The standard InChI is InChI=1S/C24H20ClN7O2/c1-12-21(13(2)32-31-12)29-23(34)14-3-6-17(7-4-14)27-24-26-11-15-9-20(33)28-19-10-16(25)5-8-18(19)22(15)30-24/h3-8,10-11H,9H2,1-2H3,(H,28,33)(H,29,34)(H,31,32)(H,26,27,30). The van der Waals surface area contributed by atoms with Crippen molar-refractivity contribution in [3.63, 3.8) is 0 Å². The smallest absolute Gasteiger partial charge is 0.255 e. The number of anilines is 4. The quantitative estimate of drug-likeness (QED) is 0.342. The predicted octanol–water partition coefficient (Wildman–Crippen LogP) is 4.63. The van der Waals surface area contributed by atoms with Gasteiger partial charge in [0.2, 0.25) is 11.9 Å². The topological polar surface area (TPSA) is 125 Å². The van der Waals surface area contributed by atoms with E-state index in [4.69, 9.17) is 11.6 Å². The molecule has 0 spiro atoms. The molecular formula is C24H20ClN7O2. The minimum absolute atomic E-state index is 0.152. The Labute approximate surface area is 200 Å². The molecule has 4 aromatic rings. The Hall–Kier alpha value is -4.24. The molecule has 0 aliphatic carbocycles. The van der Waals surface area contributed by atoms with Crippen molar-refractivity contribution in [1.82, 2.24) is 20.2 Å². The summed E-state index contributed by atoms with van der Waals surface area (Å²) in [7, 11) is 0. The highest BCUT2D eigenvalue weighted by molar-refractivity contribution is 6.31. The van der Waals surface area contributed by atoms with E-state index in [0.717, 1.165) is 22.5 Å². The van der Waals surface area contributed by atoms with Crippen LogP contribution in [-0.2, 0) is 11.2 Å². The monoisotopic (exact) mass is 473 g/mol. The van der Waals surface area contributed by atoms with E-state index in [0.29, 0.717) is 39.3 Å². The number of nitrogens with zero attached hydrogens (tertiary/aromatic N) is 3. The van der Waals surface area contributed by atoms with E-state index >= 15 is 0 Å². The fourth-order valence-electron chi connectivity index (χ4n) is 3.78. The first-order chi connectivity index (χ1) is 16.4. The summed E-state index contributed by atoms with van der Waals surface area (Å²) in [4.78, 5) is 33.9. The first kappa shape index (κ1) is 21.6. The van der Waals surface area contributed by atoms with Crippen molar-refractivity contribution >= 4 is 46.4 Å². The van der Waals surface area contributed by atoms with Crippen LogP contribution in [-0.4, -0.2) is 32.0 Å². The van der Waals surface area contributed by atoms with E-state index in [2.05, 4.69) is 36.1 Å². The molecule has 0 atom stereocenters. The number of rotatable bonds is 4. The molecule has 9 nitrogen and oxygen atoms in total. The van der Waals surface area contributed by atoms with Gasteiger partial charge in [-0.3, -0.25) is 14.7 Å². The number of hydrogen-bond donors (Lipinski definition) is 4. The van der Waals surface area contributed by atoms with E-state index in [9.17, 15) is 9.59 Å². The second-order valence-electron chi connectivity index (χ2n) is 7.95.